The van der Waals surface area contributed by atoms with Crippen molar-refractivity contribution in [3.63, 3.8) is 0 Å². The lowest BCUT2D eigenvalue weighted by Gasteiger charge is -2.31. The Hall–Kier alpha value is -4.46. The van der Waals surface area contributed by atoms with Gasteiger partial charge in [0.15, 0.2) is 0 Å². The van der Waals surface area contributed by atoms with Crippen molar-refractivity contribution >= 4 is 62.5 Å². The fourth-order valence-electron chi connectivity index (χ4n) is 4.93. The third kappa shape index (κ3) is 5.91. The Morgan fingerprint density at radius 2 is 1.45 bits per heavy atom. The molecule has 5 N–H and O–H groups in total. The largest absolute Gasteiger partial charge is 0.393 e. The first kappa shape index (κ1) is 25.8. The molecule has 0 spiro atoms. The zero-order valence-corrected chi connectivity index (χ0v) is 22.6. The van der Waals surface area contributed by atoms with Crippen LogP contribution in [0.2, 0.25) is 5.02 Å². The van der Waals surface area contributed by atoms with E-state index >= 15 is 0 Å². The van der Waals surface area contributed by atoms with Crippen molar-refractivity contribution in [2.45, 2.75) is 18.9 Å². The van der Waals surface area contributed by atoms with Crippen molar-refractivity contribution in [1.82, 2.24) is 4.98 Å². The molecule has 1 fully saturated rings. The van der Waals surface area contributed by atoms with Crippen molar-refractivity contribution in [2.75, 3.05) is 33.9 Å². The second-order valence-corrected chi connectivity index (χ2v) is 10.4. The van der Waals surface area contributed by atoms with E-state index in [4.69, 9.17) is 11.6 Å². The van der Waals surface area contributed by atoms with Crippen LogP contribution in [0.25, 0.3) is 10.9 Å². The van der Waals surface area contributed by atoms with Crippen molar-refractivity contribution < 1.29 is 9.90 Å². The summed E-state index contributed by atoms with van der Waals surface area (Å²) in [6, 6.07) is 29.3. The minimum Gasteiger partial charge on any atom is -0.393 e. The second kappa shape index (κ2) is 11.3. The normalized spacial score (nSPS) is 13.8. The molecule has 202 valence electrons. The van der Waals surface area contributed by atoms with Gasteiger partial charge in [-0.2, -0.15) is 0 Å². The average molecular weight is 552 g/mol. The highest BCUT2D eigenvalue weighted by atomic mass is 35.5. The number of anilines is 6. The predicted octanol–water partition coefficient (Wildman–Crippen LogP) is 7.52. The molecular weight excluding hydrogens is 522 g/mol. The molecule has 5 aromatic rings. The first-order valence-corrected chi connectivity index (χ1v) is 13.7. The number of nitrogens with one attached hydrogen (secondary N) is 4. The summed E-state index contributed by atoms with van der Waals surface area (Å²) in [5.41, 5.74) is 7.00. The van der Waals surface area contributed by atoms with E-state index in [9.17, 15) is 9.90 Å². The summed E-state index contributed by atoms with van der Waals surface area (Å²) in [7, 11) is 0. The van der Waals surface area contributed by atoms with Crippen LogP contribution in [-0.2, 0) is 0 Å². The van der Waals surface area contributed by atoms with E-state index in [1.54, 1.807) is 12.1 Å². The summed E-state index contributed by atoms with van der Waals surface area (Å²) in [4.78, 5) is 18.2. The molecular formula is C32H30ClN5O2. The maximum Gasteiger partial charge on any atom is 0.255 e. The molecule has 1 aliphatic rings. The number of hydrogen-bond acceptors (Lipinski definition) is 5. The number of aromatic nitrogens is 1. The zero-order chi connectivity index (χ0) is 27.5. The topological polar surface area (TPSA) is 92.4 Å². The van der Waals surface area contributed by atoms with E-state index in [0.29, 0.717) is 16.3 Å². The van der Waals surface area contributed by atoms with Crippen molar-refractivity contribution in [2.24, 2.45) is 0 Å². The van der Waals surface area contributed by atoms with Crippen molar-refractivity contribution in [3.8, 4) is 0 Å². The molecule has 0 radical (unpaired) electrons. The molecule has 1 saturated heterocycles. The Morgan fingerprint density at radius 1 is 0.800 bits per heavy atom. The number of amides is 1. The summed E-state index contributed by atoms with van der Waals surface area (Å²) in [6.07, 6.45) is 3.32. The van der Waals surface area contributed by atoms with Crippen LogP contribution in [-0.4, -0.2) is 35.2 Å². The third-order valence-electron chi connectivity index (χ3n) is 7.19. The van der Waals surface area contributed by atoms with Crippen LogP contribution < -0.4 is 20.9 Å². The van der Waals surface area contributed by atoms with Crippen LogP contribution in [0.1, 0.15) is 23.2 Å². The zero-order valence-electron chi connectivity index (χ0n) is 21.8. The fraction of sp³-hybridized carbons (Fsp3) is 0.156. The van der Waals surface area contributed by atoms with Gasteiger partial charge in [0.05, 0.1) is 16.8 Å². The van der Waals surface area contributed by atoms with Gasteiger partial charge in [0, 0.05) is 64.2 Å². The van der Waals surface area contributed by atoms with E-state index in [2.05, 4.69) is 50.1 Å². The molecule has 0 aliphatic carbocycles. The van der Waals surface area contributed by atoms with Crippen molar-refractivity contribution in [3.05, 3.63) is 108 Å². The van der Waals surface area contributed by atoms with Gasteiger partial charge in [0.25, 0.3) is 5.91 Å². The van der Waals surface area contributed by atoms with Crippen LogP contribution in [0.15, 0.2) is 97.2 Å². The van der Waals surface area contributed by atoms with Gasteiger partial charge in [0.1, 0.15) is 0 Å². The summed E-state index contributed by atoms with van der Waals surface area (Å²) in [6.45, 7) is 1.77. The van der Waals surface area contributed by atoms with Crippen LogP contribution >= 0.6 is 11.6 Å². The number of H-pyrrole nitrogens is 1. The molecule has 1 aliphatic heterocycles. The van der Waals surface area contributed by atoms with E-state index < -0.39 is 0 Å². The summed E-state index contributed by atoms with van der Waals surface area (Å²) in [5, 5.41) is 20.9. The SMILES string of the molecule is O=C(Nc1ccc(Nc2ccc(Nc3ccc(N4CCC(O)CC4)cc3)cc2)c(Cl)c1)c1ccc2[nH]ccc2c1. The van der Waals surface area contributed by atoms with E-state index in [0.717, 1.165) is 59.6 Å². The van der Waals surface area contributed by atoms with Crippen molar-refractivity contribution in [1.29, 1.82) is 0 Å². The summed E-state index contributed by atoms with van der Waals surface area (Å²) in [5.74, 6) is -0.191. The van der Waals surface area contributed by atoms with Crippen LogP contribution in [0.3, 0.4) is 0 Å². The lowest BCUT2D eigenvalue weighted by molar-refractivity contribution is 0.102. The molecule has 2 heterocycles. The Balaban J connectivity index is 1.05. The molecule has 0 atom stereocenters. The number of carbonyl (C=O) groups excluding carboxylic acids is 1. The Kier molecular flexibility index (Phi) is 7.31. The standard InChI is InChI=1S/C32H30ClN5O2/c33-29-20-26(37-32(40)22-1-11-30-21(19-22)13-16-34-30)8-12-31(29)36-25-4-2-23(3-5-25)35-24-6-9-27(10-7-24)38-17-14-28(39)15-18-38/h1-13,16,19-20,28,34-36,39H,14-15,17-18H2,(H,37,40). The first-order valence-electron chi connectivity index (χ1n) is 13.4. The number of nitrogens with zero attached hydrogens (tertiary/aromatic N) is 1. The molecule has 40 heavy (non-hydrogen) atoms. The van der Waals surface area contributed by atoms with Crippen LogP contribution in [0, 0.1) is 0 Å². The number of carbonyl (C=O) groups is 1. The molecule has 0 unspecified atom stereocenters. The highest BCUT2D eigenvalue weighted by molar-refractivity contribution is 6.33. The second-order valence-electron chi connectivity index (χ2n) is 10.0. The van der Waals surface area contributed by atoms with Gasteiger partial charge >= 0.3 is 0 Å². The Labute approximate surface area is 237 Å². The lowest BCUT2D eigenvalue weighted by Crippen LogP contribution is -2.35. The number of aliphatic hydroxyl groups excluding tert-OH is 1. The minimum atomic E-state index is -0.191. The van der Waals surface area contributed by atoms with Gasteiger partial charge in [-0.15, -0.1) is 0 Å². The third-order valence-corrected chi connectivity index (χ3v) is 7.50. The molecule has 1 aromatic heterocycles. The molecule has 0 bridgehead atoms. The molecule has 8 heteroatoms. The number of fused-ring (bicyclic) bond motifs is 1. The smallest absolute Gasteiger partial charge is 0.255 e. The monoisotopic (exact) mass is 551 g/mol. The van der Waals surface area contributed by atoms with Gasteiger partial charge < -0.3 is 30.9 Å². The van der Waals surface area contributed by atoms with Gasteiger partial charge in [0.2, 0.25) is 0 Å². The van der Waals surface area contributed by atoms with Gasteiger partial charge in [-0.3, -0.25) is 4.79 Å². The maximum atomic E-state index is 12.7. The number of piperidine rings is 1. The molecule has 4 aromatic carbocycles. The Morgan fingerprint density at radius 3 is 2.15 bits per heavy atom. The number of benzene rings is 4. The van der Waals surface area contributed by atoms with E-state index in [-0.39, 0.29) is 12.0 Å². The first-order chi connectivity index (χ1) is 19.5. The summed E-state index contributed by atoms with van der Waals surface area (Å²) >= 11 is 6.54. The molecule has 0 saturated carbocycles. The van der Waals surface area contributed by atoms with Gasteiger partial charge in [-0.25, -0.2) is 0 Å². The highest BCUT2D eigenvalue weighted by Gasteiger charge is 2.17. The van der Waals surface area contributed by atoms with Gasteiger partial charge in [-0.05, 0) is 104 Å². The highest BCUT2D eigenvalue weighted by Crippen LogP contribution is 2.30. The van der Waals surface area contributed by atoms with Crippen LogP contribution in [0.5, 0.6) is 0 Å². The van der Waals surface area contributed by atoms with Crippen LogP contribution in [0.4, 0.5) is 34.1 Å². The molecule has 6 rings (SSSR count). The fourth-order valence-corrected chi connectivity index (χ4v) is 5.16. The number of hydrogen-bond donors (Lipinski definition) is 5. The minimum absolute atomic E-state index is 0.172. The molecule has 7 nitrogen and oxygen atoms in total. The van der Waals surface area contributed by atoms with Gasteiger partial charge in [-0.1, -0.05) is 11.6 Å². The number of aliphatic hydroxyl groups is 1. The number of aromatic amines is 1. The quantitative estimate of drug-likeness (QED) is 0.144. The average Bonchev–Trinajstić information content (AvgIpc) is 3.45. The number of rotatable bonds is 7. The predicted molar refractivity (Wildman–Crippen MR) is 165 cm³/mol. The molecule has 1 amide bonds. The maximum absolute atomic E-state index is 12.7. The summed E-state index contributed by atoms with van der Waals surface area (Å²) < 4.78 is 0. The van der Waals surface area contributed by atoms with E-state index in [1.807, 2.05) is 60.8 Å². The lowest BCUT2D eigenvalue weighted by atomic mass is 10.1. The Bertz CT molecular complexity index is 1620. The van der Waals surface area contributed by atoms with E-state index in [1.165, 1.54) is 5.69 Å². The number of halogens is 1.